The summed E-state index contributed by atoms with van der Waals surface area (Å²) in [6, 6.07) is 7.76. The van der Waals surface area contributed by atoms with Crippen LogP contribution in [0.25, 0.3) is 0 Å². The quantitative estimate of drug-likeness (QED) is 0.210. The van der Waals surface area contributed by atoms with Crippen LogP contribution in [0.5, 0.6) is 11.5 Å². The molecule has 2 rings (SSSR count). The van der Waals surface area contributed by atoms with Gasteiger partial charge in [-0.1, -0.05) is 25.1 Å². The summed E-state index contributed by atoms with van der Waals surface area (Å²) >= 11 is 0. The number of rotatable bonds is 9. The molecule has 1 atom stereocenters. The van der Waals surface area contributed by atoms with E-state index in [9.17, 15) is 26.7 Å². The fourth-order valence-corrected chi connectivity index (χ4v) is 2.87. The first-order valence-corrected chi connectivity index (χ1v) is 9.14. The van der Waals surface area contributed by atoms with Crippen LogP contribution >= 0.6 is 8.53 Å². The molecule has 0 aromatic heterocycles. The van der Waals surface area contributed by atoms with Crippen molar-refractivity contribution in [1.82, 2.24) is 5.09 Å². The number of esters is 1. The number of hydrogen-bond donors (Lipinski definition) is 1. The summed E-state index contributed by atoms with van der Waals surface area (Å²) in [5, 5.41) is 2.41. The summed E-state index contributed by atoms with van der Waals surface area (Å²) in [7, 11) is -2.51. The van der Waals surface area contributed by atoms with Gasteiger partial charge < -0.3 is 13.8 Å². The normalized spacial score (nSPS) is 11.8. The number of para-hydroxylation sites is 1. The number of carbonyl (C=O) groups is 1. The highest BCUT2D eigenvalue weighted by molar-refractivity contribution is 7.45. The Kier molecular flexibility index (Phi) is 7.95. The predicted molar refractivity (Wildman–Crippen MR) is 90.1 cm³/mol. The Hall–Kier alpha value is -2.45. The van der Waals surface area contributed by atoms with E-state index in [1.165, 1.54) is 12.1 Å². The molecule has 0 saturated carbocycles. The van der Waals surface area contributed by atoms with Crippen molar-refractivity contribution in [2.45, 2.75) is 13.3 Å². The van der Waals surface area contributed by atoms with Crippen molar-refractivity contribution >= 4 is 14.5 Å². The van der Waals surface area contributed by atoms with Gasteiger partial charge in [-0.2, -0.15) is 8.78 Å². The van der Waals surface area contributed by atoms with Crippen molar-refractivity contribution in [3.8, 4) is 11.5 Å². The van der Waals surface area contributed by atoms with E-state index < -0.39 is 55.9 Å². The second kappa shape index (κ2) is 10.2. The van der Waals surface area contributed by atoms with Crippen molar-refractivity contribution in [3.05, 3.63) is 59.4 Å². The van der Waals surface area contributed by atoms with Crippen LogP contribution < -0.4 is 14.1 Å². The van der Waals surface area contributed by atoms with Crippen LogP contribution in [-0.4, -0.2) is 19.1 Å². The lowest BCUT2D eigenvalue weighted by Crippen LogP contribution is -2.24. The highest BCUT2D eigenvalue weighted by atomic mass is 31.2. The maximum atomic E-state index is 13.9. The van der Waals surface area contributed by atoms with Gasteiger partial charge in [-0.15, -0.1) is 0 Å². The summed E-state index contributed by atoms with van der Waals surface area (Å²) in [6.45, 7) is 1.45. The number of ether oxygens (including phenoxy) is 1. The molecule has 0 fully saturated rings. The fraction of sp³-hybridized carbons (Fsp3) is 0.235. The first kappa shape index (κ1) is 21.8. The van der Waals surface area contributed by atoms with Gasteiger partial charge in [0, 0.05) is 0 Å². The van der Waals surface area contributed by atoms with Crippen molar-refractivity contribution < 1.29 is 40.5 Å². The van der Waals surface area contributed by atoms with E-state index in [4.69, 9.17) is 13.8 Å². The molecule has 11 heteroatoms. The van der Waals surface area contributed by atoms with Crippen LogP contribution in [0.2, 0.25) is 0 Å². The summed E-state index contributed by atoms with van der Waals surface area (Å²) in [5.41, 5.74) is 0. The lowest BCUT2D eigenvalue weighted by molar-refractivity contribution is -0.142. The van der Waals surface area contributed by atoms with Gasteiger partial charge in [0.1, 0.15) is 12.3 Å². The average Bonchev–Trinajstić information content (AvgIpc) is 2.71. The number of halogens is 5. The first-order chi connectivity index (χ1) is 13.3. The highest BCUT2D eigenvalue weighted by Crippen LogP contribution is 2.40. The van der Waals surface area contributed by atoms with Gasteiger partial charge >= 0.3 is 14.5 Å². The molecule has 0 bridgehead atoms. The molecule has 0 saturated heterocycles. The van der Waals surface area contributed by atoms with Crippen molar-refractivity contribution in [2.75, 3.05) is 13.2 Å². The molecule has 2 aromatic carbocycles. The van der Waals surface area contributed by atoms with Gasteiger partial charge in [-0.25, -0.2) is 18.3 Å². The summed E-state index contributed by atoms with van der Waals surface area (Å²) in [5.74, 6) is -13.0. The van der Waals surface area contributed by atoms with Gasteiger partial charge in [0.05, 0.1) is 6.61 Å². The second-order valence-electron chi connectivity index (χ2n) is 5.21. The number of nitrogens with one attached hydrogen (secondary N) is 1. The van der Waals surface area contributed by atoms with E-state index in [2.05, 4.69) is 5.09 Å². The van der Waals surface area contributed by atoms with Gasteiger partial charge in [-0.3, -0.25) is 4.79 Å². The van der Waals surface area contributed by atoms with Crippen molar-refractivity contribution in [1.29, 1.82) is 0 Å². The molecular weight excluding hydrogens is 408 g/mol. The van der Waals surface area contributed by atoms with Crippen LogP contribution in [0, 0.1) is 29.1 Å². The third-order valence-corrected chi connectivity index (χ3v) is 4.24. The zero-order valence-electron chi connectivity index (χ0n) is 14.5. The maximum Gasteiger partial charge on any atom is 0.382 e. The Balaban J connectivity index is 2.23. The standard InChI is InChI=1S/C17H15F5NO4P/c1-2-8-25-11(24)9-23-28(26-10-6-4-3-5-7-10)27-17-15(21)13(19)12(18)14(20)16(17)22/h3-7,23H,2,8-9H2,1H3. The molecule has 0 aliphatic heterocycles. The van der Waals surface area contributed by atoms with Gasteiger partial charge in [0.25, 0.3) is 0 Å². The average molecular weight is 423 g/mol. The van der Waals surface area contributed by atoms with Gasteiger partial charge in [0.2, 0.25) is 34.8 Å². The van der Waals surface area contributed by atoms with Crippen LogP contribution in [0.15, 0.2) is 30.3 Å². The Morgan fingerprint density at radius 2 is 1.50 bits per heavy atom. The third-order valence-electron chi connectivity index (χ3n) is 3.09. The largest absolute Gasteiger partial charge is 0.465 e. The lowest BCUT2D eigenvalue weighted by Gasteiger charge is -2.19. The monoisotopic (exact) mass is 423 g/mol. The number of hydrogen-bond acceptors (Lipinski definition) is 5. The third kappa shape index (κ3) is 5.53. The van der Waals surface area contributed by atoms with Crippen molar-refractivity contribution in [2.24, 2.45) is 0 Å². The minimum absolute atomic E-state index is 0.149. The van der Waals surface area contributed by atoms with Gasteiger partial charge in [0.15, 0.2) is 0 Å². The van der Waals surface area contributed by atoms with E-state index >= 15 is 0 Å². The molecule has 152 valence electrons. The highest BCUT2D eigenvalue weighted by Gasteiger charge is 2.30. The maximum absolute atomic E-state index is 13.9. The molecule has 5 nitrogen and oxygen atoms in total. The van der Waals surface area contributed by atoms with E-state index in [1.54, 1.807) is 25.1 Å². The van der Waals surface area contributed by atoms with E-state index in [0.29, 0.717) is 6.42 Å². The first-order valence-electron chi connectivity index (χ1n) is 7.96. The molecular formula is C17H15F5NO4P. The molecule has 28 heavy (non-hydrogen) atoms. The van der Waals surface area contributed by atoms with Crippen LogP contribution in [0.1, 0.15) is 13.3 Å². The zero-order valence-corrected chi connectivity index (χ0v) is 15.4. The Morgan fingerprint density at radius 3 is 2.07 bits per heavy atom. The van der Waals surface area contributed by atoms with Crippen molar-refractivity contribution in [3.63, 3.8) is 0 Å². The second-order valence-corrected chi connectivity index (χ2v) is 6.40. The molecule has 0 aliphatic carbocycles. The topological polar surface area (TPSA) is 56.8 Å². The number of carbonyl (C=O) groups excluding carboxylic acids is 1. The summed E-state index contributed by atoms with van der Waals surface area (Å²) < 4.78 is 82.7. The summed E-state index contributed by atoms with van der Waals surface area (Å²) in [4.78, 5) is 11.6. The minimum atomic E-state index is -2.51. The number of benzene rings is 2. The molecule has 2 aromatic rings. The SMILES string of the molecule is CCCOC(=O)CNP(Oc1ccccc1)Oc1c(F)c(F)c(F)c(F)c1F. The summed E-state index contributed by atoms with van der Waals surface area (Å²) in [6.07, 6.45) is 0.572. The molecule has 0 heterocycles. The van der Waals surface area contributed by atoms with Gasteiger partial charge in [-0.05, 0) is 18.6 Å². The predicted octanol–water partition coefficient (Wildman–Crippen LogP) is 4.61. The Labute approximate surface area is 158 Å². The van der Waals surface area contributed by atoms with Crippen LogP contribution in [0.4, 0.5) is 22.0 Å². The molecule has 0 amide bonds. The lowest BCUT2D eigenvalue weighted by atomic mass is 10.3. The minimum Gasteiger partial charge on any atom is -0.465 e. The molecule has 1 N–H and O–H groups in total. The molecule has 1 unspecified atom stereocenters. The zero-order chi connectivity index (χ0) is 20.7. The molecule has 0 radical (unpaired) electrons. The Morgan fingerprint density at radius 1 is 0.929 bits per heavy atom. The van der Waals surface area contributed by atoms with E-state index in [1.807, 2.05) is 0 Å². The van der Waals surface area contributed by atoms with E-state index in [-0.39, 0.29) is 12.4 Å². The Bertz CT molecular complexity index is 796. The molecule has 0 aliphatic rings. The fourth-order valence-electron chi connectivity index (χ4n) is 1.80. The van der Waals surface area contributed by atoms with E-state index in [0.717, 1.165) is 0 Å². The smallest absolute Gasteiger partial charge is 0.382 e. The molecule has 0 spiro atoms. The van der Waals surface area contributed by atoms with Crippen LogP contribution in [-0.2, 0) is 9.53 Å². The van der Waals surface area contributed by atoms with Crippen LogP contribution in [0.3, 0.4) is 0 Å².